The van der Waals surface area contributed by atoms with E-state index in [1.54, 1.807) is 0 Å². The van der Waals surface area contributed by atoms with Crippen LogP contribution in [-0.2, 0) is 16.0 Å². The van der Waals surface area contributed by atoms with Crippen molar-refractivity contribution in [1.82, 2.24) is 0 Å². The number of hydrogen-bond donors (Lipinski definition) is 1. The van der Waals surface area contributed by atoms with Crippen LogP contribution in [0.3, 0.4) is 0 Å². The molecule has 0 amide bonds. The molecule has 1 aromatic carbocycles. The van der Waals surface area contributed by atoms with Crippen molar-refractivity contribution in [3.05, 3.63) is 29.8 Å². The van der Waals surface area contributed by atoms with E-state index in [4.69, 9.17) is 4.74 Å². The molecule has 3 heteroatoms. The maximum absolute atomic E-state index is 11.6. The summed E-state index contributed by atoms with van der Waals surface area (Å²) in [6.07, 6.45) is 0.931. The lowest BCUT2D eigenvalue weighted by molar-refractivity contribution is -0.144. The molecule has 0 unspecified atom stereocenters. The number of carbonyl (C=O) groups excluding carboxylic acids is 1. The molecule has 0 aliphatic heterocycles. The Kier molecular flexibility index (Phi) is 3.93. The summed E-state index contributed by atoms with van der Waals surface area (Å²) in [7, 11) is 1.40. The Morgan fingerprint density at radius 3 is 2.56 bits per heavy atom. The van der Waals surface area contributed by atoms with Crippen molar-refractivity contribution in [2.24, 2.45) is 0 Å². The van der Waals surface area contributed by atoms with Crippen LogP contribution in [0.2, 0.25) is 0 Å². The maximum atomic E-state index is 11.6. The number of anilines is 1. The highest BCUT2D eigenvalue weighted by Gasteiger charge is 2.28. The fourth-order valence-corrected chi connectivity index (χ4v) is 1.59. The fraction of sp³-hybridized carbons (Fsp3) is 0.462. The van der Waals surface area contributed by atoms with Gasteiger partial charge >= 0.3 is 5.97 Å². The van der Waals surface area contributed by atoms with E-state index in [-0.39, 0.29) is 5.97 Å². The number of methoxy groups -OCH3 is 1. The van der Waals surface area contributed by atoms with Crippen molar-refractivity contribution in [3.8, 4) is 0 Å². The van der Waals surface area contributed by atoms with Crippen molar-refractivity contribution >= 4 is 11.7 Å². The number of rotatable bonds is 4. The minimum Gasteiger partial charge on any atom is -0.467 e. The molecule has 0 atom stereocenters. The SMILES string of the molecule is CCc1ccccc1NC(C)(C)C(=O)OC. The van der Waals surface area contributed by atoms with E-state index in [0.29, 0.717) is 0 Å². The molecular weight excluding hydrogens is 202 g/mol. The number of carbonyl (C=O) groups is 1. The summed E-state index contributed by atoms with van der Waals surface area (Å²) in [6, 6.07) is 7.98. The third kappa shape index (κ3) is 2.75. The Balaban J connectivity index is 2.91. The molecule has 0 bridgehead atoms. The largest absolute Gasteiger partial charge is 0.467 e. The van der Waals surface area contributed by atoms with Crippen LogP contribution in [0.1, 0.15) is 26.3 Å². The van der Waals surface area contributed by atoms with E-state index in [0.717, 1.165) is 12.1 Å². The second-order valence-electron chi connectivity index (χ2n) is 4.25. The van der Waals surface area contributed by atoms with E-state index >= 15 is 0 Å². The summed E-state index contributed by atoms with van der Waals surface area (Å²) in [4.78, 5) is 11.6. The highest BCUT2D eigenvalue weighted by atomic mass is 16.5. The van der Waals surface area contributed by atoms with Crippen molar-refractivity contribution in [2.45, 2.75) is 32.7 Å². The Morgan fingerprint density at radius 2 is 2.00 bits per heavy atom. The summed E-state index contributed by atoms with van der Waals surface area (Å²) in [5, 5.41) is 3.21. The molecule has 16 heavy (non-hydrogen) atoms. The minimum atomic E-state index is -0.708. The van der Waals surface area contributed by atoms with Gasteiger partial charge in [-0.3, -0.25) is 0 Å². The van der Waals surface area contributed by atoms with Crippen LogP contribution in [-0.4, -0.2) is 18.6 Å². The van der Waals surface area contributed by atoms with Gasteiger partial charge in [0.05, 0.1) is 7.11 Å². The molecule has 0 spiro atoms. The van der Waals surface area contributed by atoms with Crippen LogP contribution in [0.4, 0.5) is 5.69 Å². The van der Waals surface area contributed by atoms with Crippen LogP contribution in [0.25, 0.3) is 0 Å². The summed E-state index contributed by atoms with van der Waals surface area (Å²) < 4.78 is 4.76. The van der Waals surface area contributed by atoms with Gasteiger partial charge in [-0.15, -0.1) is 0 Å². The zero-order valence-electron chi connectivity index (χ0n) is 10.3. The first kappa shape index (κ1) is 12.6. The molecule has 0 radical (unpaired) electrons. The molecule has 88 valence electrons. The first-order valence-corrected chi connectivity index (χ1v) is 5.45. The lowest BCUT2D eigenvalue weighted by atomic mass is 10.0. The van der Waals surface area contributed by atoms with Gasteiger partial charge in [0, 0.05) is 5.69 Å². The molecule has 0 aliphatic carbocycles. The number of para-hydroxylation sites is 1. The van der Waals surface area contributed by atoms with E-state index < -0.39 is 5.54 Å². The normalized spacial score (nSPS) is 11.0. The highest BCUT2D eigenvalue weighted by molar-refractivity contribution is 5.83. The molecule has 0 fully saturated rings. The Bertz CT molecular complexity index is 372. The number of ether oxygens (including phenoxy) is 1. The quantitative estimate of drug-likeness (QED) is 0.794. The van der Waals surface area contributed by atoms with E-state index in [9.17, 15) is 4.79 Å². The molecule has 0 aromatic heterocycles. The predicted molar refractivity (Wildman–Crippen MR) is 65.5 cm³/mol. The summed E-state index contributed by atoms with van der Waals surface area (Å²) in [6.45, 7) is 5.71. The summed E-state index contributed by atoms with van der Waals surface area (Å²) >= 11 is 0. The van der Waals surface area contributed by atoms with Crippen LogP contribution >= 0.6 is 0 Å². The van der Waals surface area contributed by atoms with Gasteiger partial charge in [-0.2, -0.15) is 0 Å². The number of aryl methyl sites for hydroxylation is 1. The van der Waals surface area contributed by atoms with Crippen LogP contribution in [0, 0.1) is 0 Å². The molecule has 1 aromatic rings. The maximum Gasteiger partial charge on any atom is 0.330 e. The third-order valence-electron chi connectivity index (χ3n) is 2.54. The molecule has 0 saturated carbocycles. The molecule has 0 aliphatic rings. The van der Waals surface area contributed by atoms with Crippen LogP contribution in [0.5, 0.6) is 0 Å². The summed E-state index contributed by atoms with van der Waals surface area (Å²) in [5.41, 5.74) is 1.47. The van der Waals surface area contributed by atoms with E-state index in [1.165, 1.54) is 12.7 Å². The van der Waals surface area contributed by atoms with Gasteiger partial charge in [0.25, 0.3) is 0 Å². The van der Waals surface area contributed by atoms with E-state index in [2.05, 4.69) is 18.3 Å². The van der Waals surface area contributed by atoms with Gasteiger partial charge in [-0.25, -0.2) is 4.79 Å². The standard InChI is InChI=1S/C13H19NO2/c1-5-10-8-6-7-9-11(10)14-13(2,3)12(15)16-4/h6-9,14H,5H2,1-4H3. The average molecular weight is 221 g/mol. The van der Waals surface area contributed by atoms with Crippen molar-refractivity contribution in [3.63, 3.8) is 0 Å². The zero-order chi connectivity index (χ0) is 12.2. The Labute approximate surface area is 96.8 Å². The average Bonchev–Trinajstić information content (AvgIpc) is 2.28. The van der Waals surface area contributed by atoms with Crippen molar-refractivity contribution < 1.29 is 9.53 Å². The molecule has 1 rings (SSSR count). The lowest BCUT2D eigenvalue weighted by Crippen LogP contribution is -2.41. The molecule has 0 heterocycles. The van der Waals surface area contributed by atoms with Crippen molar-refractivity contribution in [2.75, 3.05) is 12.4 Å². The van der Waals surface area contributed by atoms with Gasteiger partial charge in [0.15, 0.2) is 0 Å². The smallest absolute Gasteiger partial charge is 0.330 e. The van der Waals surface area contributed by atoms with Crippen molar-refractivity contribution in [1.29, 1.82) is 0 Å². The van der Waals surface area contributed by atoms with Gasteiger partial charge in [-0.05, 0) is 31.9 Å². The number of hydrogen-bond acceptors (Lipinski definition) is 3. The number of benzene rings is 1. The minimum absolute atomic E-state index is 0.265. The molecule has 1 N–H and O–H groups in total. The number of esters is 1. The first-order chi connectivity index (χ1) is 7.51. The van der Waals surface area contributed by atoms with E-state index in [1.807, 2.05) is 32.0 Å². The van der Waals surface area contributed by atoms with Gasteiger partial charge in [-0.1, -0.05) is 25.1 Å². The number of nitrogens with one attached hydrogen (secondary N) is 1. The zero-order valence-corrected chi connectivity index (χ0v) is 10.3. The van der Waals surface area contributed by atoms with Gasteiger partial charge < -0.3 is 10.1 Å². The fourth-order valence-electron chi connectivity index (χ4n) is 1.59. The molecule has 3 nitrogen and oxygen atoms in total. The topological polar surface area (TPSA) is 38.3 Å². The second-order valence-corrected chi connectivity index (χ2v) is 4.25. The lowest BCUT2D eigenvalue weighted by Gasteiger charge is -2.25. The Hall–Kier alpha value is -1.51. The first-order valence-electron chi connectivity index (χ1n) is 5.45. The highest BCUT2D eigenvalue weighted by Crippen LogP contribution is 2.21. The van der Waals surface area contributed by atoms with Gasteiger partial charge in [0.1, 0.15) is 5.54 Å². The molecular formula is C13H19NO2. The second kappa shape index (κ2) is 5.01. The predicted octanol–water partition coefficient (Wildman–Crippen LogP) is 2.61. The third-order valence-corrected chi connectivity index (χ3v) is 2.54. The monoisotopic (exact) mass is 221 g/mol. The van der Waals surface area contributed by atoms with Gasteiger partial charge in [0.2, 0.25) is 0 Å². The molecule has 0 saturated heterocycles. The Morgan fingerprint density at radius 1 is 1.38 bits per heavy atom. The van der Waals surface area contributed by atoms with Crippen LogP contribution < -0.4 is 5.32 Å². The summed E-state index contributed by atoms with van der Waals surface area (Å²) in [5.74, 6) is -0.265. The van der Waals surface area contributed by atoms with Crippen LogP contribution in [0.15, 0.2) is 24.3 Å².